The Bertz CT molecular complexity index is 542. The third kappa shape index (κ3) is 3.24. The summed E-state index contributed by atoms with van der Waals surface area (Å²) >= 11 is 0. The zero-order valence-corrected chi connectivity index (χ0v) is 11.8. The first-order valence-electron chi connectivity index (χ1n) is 6.29. The highest BCUT2D eigenvalue weighted by Gasteiger charge is 2.14. The summed E-state index contributed by atoms with van der Waals surface area (Å²) < 4.78 is 7.16. The first-order valence-corrected chi connectivity index (χ1v) is 6.29. The number of ether oxygens (including phenoxy) is 1. The van der Waals surface area contributed by atoms with Gasteiger partial charge in [0.15, 0.2) is 0 Å². The molecule has 1 aromatic carbocycles. The van der Waals surface area contributed by atoms with Gasteiger partial charge in [-0.2, -0.15) is 0 Å². The first kappa shape index (κ1) is 13.4. The molecule has 0 radical (unpaired) electrons. The highest BCUT2D eigenvalue weighted by molar-refractivity contribution is 5.56. The molecule has 5 heteroatoms. The number of nitrogens with one attached hydrogen (secondary N) is 1. The second-order valence-corrected chi connectivity index (χ2v) is 5.38. The minimum Gasteiger partial charge on any atom is -0.495 e. The van der Waals surface area contributed by atoms with Crippen LogP contribution in [0.25, 0.3) is 0 Å². The van der Waals surface area contributed by atoms with Crippen LogP contribution in [0.5, 0.6) is 5.75 Å². The molecule has 2 rings (SSSR count). The lowest BCUT2D eigenvalue weighted by molar-refractivity contribution is 0.347. The zero-order valence-electron chi connectivity index (χ0n) is 11.8. The van der Waals surface area contributed by atoms with E-state index in [1.807, 2.05) is 35.1 Å². The Labute approximate surface area is 113 Å². The van der Waals surface area contributed by atoms with Crippen molar-refractivity contribution >= 4 is 5.69 Å². The van der Waals surface area contributed by atoms with Crippen LogP contribution in [0.4, 0.5) is 5.69 Å². The molecule has 0 aliphatic rings. The van der Waals surface area contributed by atoms with Gasteiger partial charge in [-0.15, -0.1) is 5.10 Å². The van der Waals surface area contributed by atoms with E-state index in [1.165, 1.54) is 0 Å². The van der Waals surface area contributed by atoms with Crippen molar-refractivity contribution in [1.29, 1.82) is 0 Å². The Hall–Kier alpha value is -2.04. The molecule has 1 N–H and O–H groups in total. The van der Waals surface area contributed by atoms with Crippen molar-refractivity contribution in [3.63, 3.8) is 0 Å². The lowest BCUT2D eigenvalue weighted by Crippen LogP contribution is -2.22. The van der Waals surface area contributed by atoms with Crippen molar-refractivity contribution in [3.8, 4) is 5.75 Å². The molecule has 0 spiro atoms. The van der Waals surface area contributed by atoms with E-state index in [-0.39, 0.29) is 5.54 Å². The summed E-state index contributed by atoms with van der Waals surface area (Å²) in [4.78, 5) is 0. The maximum absolute atomic E-state index is 5.29. The van der Waals surface area contributed by atoms with Crippen LogP contribution in [0.15, 0.2) is 30.5 Å². The number of hydrogen-bond donors (Lipinski definition) is 1. The topological polar surface area (TPSA) is 52.0 Å². The summed E-state index contributed by atoms with van der Waals surface area (Å²) in [7, 11) is 1.66. The van der Waals surface area contributed by atoms with Crippen LogP contribution in [-0.4, -0.2) is 22.1 Å². The Kier molecular flexibility index (Phi) is 3.74. The molecule has 2 aromatic rings. The molecule has 19 heavy (non-hydrogen) atoms. The summed E-state index contributed by atoms with van der Waals surface area (Å²) in [6.07, 6.45) is 1.96. The van der Waals surface area contributed by atoms with Gasteiger partial charge in [0.1, 0.15) is 11.4 Å². The van der Waals surface area contributed by atoms with Gasteiger partial charge in [-0.25, -0.2) is 4.68 Å². The second-order valence-electron chi connectivity index (χ2n) is 5.38. The molecular weight excluding hydrogens is 240 g/mol. The van der Waals surface area contributed by atoms with Crippen LogP contribution >= 0.6 is 0 Å². The van der Waals surface area contributed by atoms with Crippen LogP contribution in [0.3, 0.4) is 0 Å². The van der Waals surface area contributed by atoms with E-state index in [2.05, 4.69) is 36.4 Å². The Morgan fingerprint density at radius 3 is 2.63 bits per heavy atom. The van der Waals surface area contributed by atoms with Crippen LogP contribution in [0, 0.1) is 0 Å². The third-order valence-corrected chi connectivity index (χ3v) is 2.80. The Balaban J connectivity index is 2.05. The molecule has 102 valence electrons. The number of anilines is 1. The summed E-state index contributed by atoms with van der Waals surface area (Å²) in [5.74, 6) is 0.825. The van der Waals surface area contributed by atoms with E-state index in [0.29, 0.717) is 6.54 Å². The molecular formula is C14H20N4O. The van der Waals surface area contributed by atoms with Gasteiger partial charge in [0.05, 0.1) is 31.1 Å². The lowest BCUT2D eigenvalue weighted by Gasteiger charge is -2.17. The lowest BCUT2D eigenvalue weighted by atomic mass is 10.1. The fourth-order valence-corrected chi connectivity index (χ4v) is 1.68. The molecule has 0 saturated carbocycles. The van der Waals surface area contributed by atoms with Crippen molar-refractivity contribution in [2.24, 2.45) is 0 Å². The molecule has 0 atom stereocenters. The van der Waals surface area contributed by atoms with Crippen LogP contribution < -0.4 is 10.1 Å². The van der Waals surface area contributed by atoms with Crippen LogP contribution in [0.2, 0.25) is 0 Å². The summed E-state index contributed by atoms with van der Waals surface area (Å²) in [5, 5.41) is 11.6. The van der Waals surface area contributed by atoms with Gasteiger partial charge in [0.2, 0.25) is 0 Å². The fourth-order valence-electron chi connectivity index (χ4n) is 1.68. The van der Waals surface area contributed by atoms with Gasteiger partial charge < -0.3 is 10.1 Å². The molecule has 0 aliphatic carbocycles. The summed E-state index contributed by atoms with van der Waals surface area (Å²) in [6, 6.07) is 7.82. The molecule has 0 amide bonds. The van der Waals surface area contributed by atoms with Gasteiger partial charge in [-0.3, -0.25) is 0 Å². The molecule has 0 bridgehead atoms. The normalized spacial score (nSPS) is 11.4. The molecule has 5 nitrogen and oxygen atoms in total. The van der Waals surface area contributed by atoms with E-state index in [1.54, 1.807) is 7.11 Å². The van der Waals surface area contributed by atoms with E-state index in [9.17, 15) is 0 Å². The van der Waals surface area contributed by atoms with E-state index in [4.69, 9.17) is 4.74 Å². The summed E-state index contributed by atoms with van der Waals surface area (Å²) in [5.41, 5.74) is 1.81. The van der Waals surface area contributed by atoms with Gasteiger partial charge in [-0.1, -0.05) is 17.3 Å². The third-order valence-electron chi connectivity index (χ3n) is 2.80. The number of benzene rings is 1. The van der Waals surface area contributed by atoms with E-state index in [0.717, 1.165) is 17.1 Å². The van der Waals surface area contributed by atoms with Crippen molar-refractivity contribution in [3.05, 3.63) is 36.2 Å². The molecule has 0 unspecified atom stereocenters. The Morgan fingerprint density at radius 1 is 1.26 bits per heavy atom. The quantitative estimate of drug-likeness (QED) is 0.918. The van der Waals surface area contributed by atoms with Crippen molar-refractivity contribution < 1.29 is 4.74 Å². The number of para-hydroxylation sites is 2. The molecule has 0 saturated heterocycles. The fraction of sp³-hybridized carbons (Fsp3) is 0.429. The molecule has 0 fully saturated rings. The van der Waals surface area contributed by atoms with Gasteiger partial charge in [0, 0.05) is 0 Å². The Morgan fingerprint density at radius 2 is 2.00 bits per heavy atom. The smallest absolute Gasteiger partial charge is 0.141 e. The maximum atomic E-state index is 5.29. The number of hydrogen-bond acceptors (Lipinski definition) is 4. The molecule has 0 aliphatic heterocycles. The molecule has 1 aromatic heterocycles. The number of rotatable bonds is 4. The SMILES string of the molecule is COc1ccccc1NCc1cn(C(C)(C)C)nn1. The highest BCUT2D eigenvalue weighted by Crippen LogP contribution is 2.23. The minimum absolute atomic E-state index is 0.0459. The summed E-state index contributed by atoms with van der Waals surface area (Å²) in [6.45, 7) is 6.91. The predicted molar refractivity (Wildman–Crippen MR) is 75.3 cm³/mol. The standard InChI is InChI=1S/C14H20N4O/c1-14(2,3)18-10-11(16-17-18)9-15-12-7-5-6-8-13(12)19-4/h5-8,10,15H,9H2,1-4H3. The highest BCUT2D eigenvalue weighted by atomic mass is 16.5. The zero-order chi connectivity index (χ0) is 13.9. The maximum Gasteiger partial charge on any atom is 0.141 e. The van der Waals surface area contributed by atoms with Crippen LogP contribution in [0.1, 0.15) is 26.5 Å². The van der Waals surface area contributed by atoms with E-state index >= 15 is 0 Å². The average molecular weight is 260 g/mol. The largest absolute Gasteiger partial charge is 0.495 e. The van der Waals surface area contributed by atoms with Crippen molar-refractivity contribution in [2.75, 3.05) is 12.4 Å². The van der Waals surface area contributed by atoms with Gasteiger partial charge in [0.25, 0.3) is 0 Å². The number of methoxy groups -OCH3 is 1. The predicted octanol–water partition coefficient (Wildman–Crippen LogP) is 2.65. The average Bonchev–Trinajstić information content (AvgIpc) is 2.85. The monoisotopic (exact) mass is 260 g/mol. The van der Waals surface area contributed by atoms with Crippen LogP contribution in [-0.2, 0) is 12.1 Å². The number of nitrogens with zero attached hydrogens (tertiary/aromatic N) is 3. The van der Waals surface area contributed by atoms with Crippen molar-refractivity contribution in [1.82, 2.24) is 15.0 Å². The number of aromatic nitrogens is 3. The van der Waals surface area contributed by atoms with Gasteiger partial charge in [-0.05, 0) is 32.9 Å². The minimum atomic E-state index is -0.0459. The van der Waals surface area contributed by atoms with Crippen molar-refractivity contribution in [2.45, 2.75) is 32.9 Å². The second kappa shape index (κ2) is 5.30. The van der Waals surface area contributed by atoms with Gasteiger partial charge >= 0.3 is 0 Å². The van der Waals surface area contributed by atoms with E-state index < -0.39 is 0 Å². The first-order chi connectivity index (χ1) is 9.00. The molecule has 1 heterocycles.